The Labute approximate surface area is 158 Å². The van der Waals surface area contributed by atoms with Gasteiger partial charge in [-0.1, -0.05) is 27.7 Å². The quantitative estimate of drug-likeness (QED) is 0.749. The predicted molar refractivity (Wildman–Crippen MR) is 109 cm³/mol. The van der Waals surface area contributed by atoms with Crippen molar-refractivity contribution in [2.24, 2.45) is 11.7 Å². The van der Waals surface area contributed by atoms with E-state index >= 15 is 0 Å². The minimum atomic E-state index is -0.153. The van der Waals surface area contributed by atoms with Crippen LogP contribution in [0.3, 0.4) is 0 Å². The van der Waals surface area contributed by atoms with Gasteiger partial charge in [0.15, 0.2) is 0 Å². The van der Waals surface area contributed by atoms with Crippen LogP contribution in [0, 0.1) is 5.92 Å². The molecule has 25 heavy (non-hydrogen) atoms. The fourth-order valence-electron chi connectivity index (χ4n) is 3.42. The first-order valence-electron chi connectivity index (χ1n) is 9.12. The molecule has 0 bridgehead atoms. The Bertz CT molecular complexity index is 732. The summed E-state index contributed by atoms with van der Waals surface area (Å²) in [6.07, 6.45) is 1.67. The van der Waals surface area contributed by atoms with Crippen LogP contribution in [-0.4, -0.2) is 12.5 Å². The molecule has 0 aliphatic carbocycles. The lowest BCUT2D eigenvalue weighted by atomic mass is 9.89. The molecule has 0 spiro atoms. The molecule has 0 radical (unpaired) electrons. The summed E-state index contributed by atoms with van der Waals surface area (Å²) in [4.78, 5) is 18.5. The lowest BCUT2D eigenvalue weighted by molar-refractivity contribution is -0.122. The highest BCUT2D eigenvalue weighted by atomic mass is 32.1. The summed E-state index contributed by atoms with van der Waals surface area (Å²) in [6, 6.07) is 9.23. The molecule has 1 aliphatic heterocycles. The zero-order valence-corrected chi connectivity index (χ0v) is 17.1. The first kappa shape index (κ1) is 18.5. The van der Waals surface area contributed by atoms with Crippen LogP contribution in [-0.2, 0) is 4.79 Å². The van der Waals surface area contributed by atoms with Gasteiger partial charge < -0.3 is 10.6 Å². The van der Waals surface area contributed by atoms with Crippen molar-refractivity contribution in [3.05, 3.63) is 38.9 Å². The maximum Gasteiger partial charge on any atom is 0.220 e. The van der Waals surface area contributed by atoms with Gasteiger partial charge in [-0.25, -0.2) is 0 Å². The van der Waals surface area contributed by atoms with E-state index in [9.17, 15) is 4.79 Å². The van der Waals surface area contributed by atoms with E-state index in [1.165, 1.54) is 19.6 Å². The van der Waals surface area contributed by atoms with Crippen molar-refractivity contribution in [1.82, 2.24) is 0 Å². The van der Waals surface area contributed by atoms with Crippen LogP contribution in [0.5, 0.6) is 0 Å². The second kappa shape index (κ2) is 7.50. The number of rotatable bonds is 5. The average Bonchev–Trinajstić information content (AvgIpc) is 3.24. The lowest BCUT2D eigenvalue weighted by Crippen LogP contribution is -2.40. The van der Waals surface area contributed by atoms with Gasteiger partial charge in [-0.3, -0.25) is 4.79 Å². The predicted octanol–water partition coefficient (Wildman–Crippen LogP) is 5.50. The van der Waals surface area contributed by atoms with Gasteiger partial charge in [-0.15, -0.1) is 22.7 Å². The molecular weight excluding hydrogens is 348 g/mol. The third-order valence-corrected chi connectivity index (χ3v) is 7.92. The summed E-state index contributed by atoms with van der Waals surface area (Å²) in [5, 5.41) is 1.32. The zero-order chi connectivity index (χ0) is 18.1. The number of amides is 1. The number of hydrogen-bond acceptors (Lipinski definition) is 4. The third kappa shape index (κ3) is 3.93. The monoisotopic (exact) mass is 376 g/mol. The number of hydrogen-bond donors (Lipinski definition) is 1. The number of nitrogens with zero attached hydrogens (tertiary/aromatic N) is 1. The third-order valence-electron chi connectivity index (χ3n) is 5.01. The van der Waals surface area contributed by atoms with Crippen LogP contribution < -0.4 is 10.6 Å². The number of thiophene rings is 2. The molecule has 2 atom stereocenters. The molecule has 2 aromatic heterocycles. The maximum absolute atomic E-state index is 11.8. The number of nitrogens with two attached hydrogens (primary N) is 1. The summed E-state index contributed by atoms with van der Waals surface area (Å²) in [5.41, 5.74) is 5.64. The van der Waals surface area contributed by atoms with Crippen molar-refractivity contribution in [2.75, 3.05) is 11.4 Å². The van der Waals surface area contributed by atoms with Crippen LogP contribution >= 0.6 is 22.7 Å². The van der Waals surface area contributed by atoms with Crippen LogP contribution in [0.4, 0.5) is 5.00 Å². The lowest BCUT2D eigenvalue weighted by Gasteiger charge is -2.39. The Morgan fingerprint density at radius 3 is 2.28 bits per heavy atom. The van der Waals surface area contributed by atoms with Crippen molar-refractivity contribution in [3.8, 4) is 0 Å². The smallest absolute Gasteiger partial charge is 0.220 e. The molecule has 136 valence electrons. The summed E-state index contributed by atoms with van der Waals surface area (Å²) in [7, 11) is 0. The van der Waals surface area contributed by atoms with Gasteiger partial charge in [-0.2, -0.15) is 0 Å². The van der Waals surface area contributed by atoms with Crippen molar-refractivity contribution in [2.45, 2.75) is 58.4 Å². The number of primary amides is 1. The van der Waals surface area contributed by atoms with Crippen molar-refractivity contribution in [3.63, 3.8) is 0 Å². The Hall–Kier alpha value is -1.33. The second-order valence-corrected chi connectivity index (χ2v) is 9.80. The van der Waals surface area contributed by atoms with E-state index in [1.807, 2.05) is 22.7 Å². The Morgan fingerprint density at radius 1 is 1.08 bits per heavy atom. The van der Waals surface area contributed by atoms with Gasteiger partial charge >= 0.3 is 0 Å². The molecule has 1 aliphatic rings. The van der Waals surface area contributed by atoms with Crippen LogP contribution in [0.25, 0.3) is 0 Å². The molecule has 2 unspecified atom stereocenters. The second-order valence-electron chi connectivity index (χ2n) is 7.56. The number of carbonyl (C=O) groups excluding carboxylic acids is 1. The highest BCUT2D eigenvalue weighted by molar-refractivity contribution is 7.16. The normalized spacial score (nSPS) is 21.3. The van der Waals surface area contributed by atoms with E-state index in [4.69, 9.17) is 5.73 Å². The van der Waals surface area contributed by atoms with E-state index < -0.39 is 0 Å². The Balaban J connectivity index is 1.92. The summed E-state index contributed by atoms with van der Waals surface area (Å²) in [5.74, 6) is 0.918. The molecule has 1 fully saturated rings. The number of piperidine rings is 1. The summed E-state index contributed by atoms with van der Waals surface area (Å²) < 4.78 is 0. The maximum atomic E-state index is 11.8. The standard InChI is InChI=1S/C20H28N2OS2/c1-12(2)16-5-6-18(24-16)15-11-14(20(21)23)9-10-22(15)19-8-7-17(25-19)13(3)4/h5-8,12-15H,9-11H2,1-4H3,(H2,21,23). The molecule has 5 heteroatoms. The fraction of sp³-hybridized carbons (Fsp3) is 0.550. The average molecular weight is 377 g/mol. The number of anilines is 1. The molecule has 2 N–H and O–H groups in total. The molecule has 0 aromatic carbocycles. The summed E-state index contributed by atoms with van der Waals surface area (Å²) >= 11 is 3.77. The highest BCUT2D eigenvalue weighted by Gasteiger charge is 2.34. The topological polar surface area (TPSA) is 46.3 Å². The van der Waals surface area contributed by atoms with Crippen LogP contribution in [0.1, 0.15) is 73.0 Å². The van der Waals surface area contributed by atoms with Gasteiger partial charge in [0.2, 0.25) is 5.91 Å². The van der Waals surface area contributed by atoms with E-state index in [0.717, 1.165) is 19.4 Å². The van der Waals surface area contributed by atoms with Gasteiger partial charge in [-0.05, 0) is 48.9 Å². The largest absolute Gasteiger partial charge is 0.369 e. The van der Waals surface area contributed by atoms with Gasteiger partial charge in [0.05, 0.1) is 11.0 Å². The van der Waals surface area contributed by atoms with E-state index in [2.05, 4.69) is 56.9 Å². The van der Waals surface area contributed by atoms with Crippen molar-refractivity contribution >= 4 is 33.6 Å². The van der Waals surface area contributed by atoms with E-state index in [1.54, 1.807) is 0 Å². The zero-order valence-electron chi connectivity index (χ0n) is 15.5. The Kier molecular flexibility index (Phi) is 5.54. The van der Waals surface area contributed by atoms with Crippen molar-refractivity contribution in [1.29, 1.82) is 0 Å². The van der Waals surface area contributed by atoms with Gasteiger partial charge in [0, 0.05) is 27.1 Å². The van der Waals surface area contributed by atoms with E-state index in [0.29, 0.717) is 11.8 Å². The molecule has 1 saturated heterocycles. The minimum Gasteiger partial charge on any atom is -0.369 e. The highest BCUT2D eigenvalue weighted by Crippen LogP contribution is 2.43. The van der Waals surface area contributed by atoms with E-state index in [-0.39, 0.29) is 17.9 Å². The molecule has 3 rings (SSSR count). The van der Waals surface area contributed by atoms with Gasteiger partial charge in [0.25, 0.3) is 0 Å². The molecule has 3 heterocycles. The first-order chi connectivity index (χ1) is 11.9. The van der Waals surface area contributed by atoms with Crippen LogP contribution in [0.15, 0.2) is 24.3 Å². The fourth-order valence-corrected chi connectivity index (χ4v) is 5.65. The number of carbonyl (C=O) groups is 1. The SMILES string of the molecule is CC(C)c1ccc(C2CC(C(N)=O)CCN2c2ccc(C(C)C)s2)s1. The molecule has 0 saturated carbocycles. The van der Waals surface area contributed by atoms with Crippen molar-refractivity contribution < 1.29 is 4.79 Å². The molecule has 2 aromatic rings. The summed E-state index contributed by atoms with van der Waals surface area (Å²) in [6.45, 7) is 9.83. The Morgan fingerprint density at radius 2 is 1.72 bits per heavy atom. The van der Waals surface area contributed by atoms with Crippen LogP contribution in [0.2, 0.25) is 0 Å². The van der Waals surface area contributed by atoms with Gasteiger partial charge in [0.1, 0.15) is 0 Å². The minimum absolute atomic E-state index is 0.0182. The first-order valence-corrected chi connectivity index (χ1v) is 10.8. The molecular formula is C20H28N2OS2. The molecule has 1 amide bonds. The molecule has 3 nitrogen and oxygen atoms in total.